The normalized spacial score (nSPS) is 19.9. The summed E-state index contributed by atoms with van der Waals surface area (Å²) in [4.78, 5) is 71.0. The SMILES string of the molecule is CCC(C)[C@H](NC(=O)[C@H](CO)N=C(N)N)C(=O)N[C@@H](C(C)CC)[C@@H](CC(=O)N1CCCC1[C@H](O)[C@@H](C)C(=O)N[C@H](C(=O)O)C(O)c1ccccc1)OC. The Morgan fingerprint density at radius 1 is 0.925 bits per heavy atom. The van der Waals surface area contributed by atoms with E-state index in [2.05, 4.69) is 20.9 Å². The molecule has 4 unspecified atom stereocenters. The predicted molar refractivity (Wildman–Crippen MR) is 196 cm³/mol. The number of carbonyl (C=O) groups excluding carboxylic acids is 4. The van der Waals surface area contributed by atoms with E-state index in [1.807, 2.05) is 20.8 Å². The second-order valence-corrected chi connectivity index (χ2v) is 13.8. The number of guanidine groups is 1. The number of aliphatic imine (C=N–C) groups is 1. The minimum atomic E-state index is -1.68. The van der Waals surface area contributed by atoms with Crippen molar-refractivity contribution in [2.45, 2.75) is 115 Å². The molecular weight excluding hydrogens is 690 g/mol. The van der Waals surface area contributed by atoms with E-state index in [1.54, 1.807) is 25.1 Å². The summed E-state index contributed by atoms with van der Waals surface area (Å²) in [6, 6.07) is 2.53. The minimum Gasteiger partial charge on any atom is -0.480 e. The summed E-state index contributed by atoms with van der Waals surface area (Å²) in [6.07, 6.45) is -1.87. The van der Waals surface area contributed by atoms with Gasteiger partial charge in [0.15, 0.2) is 18.0 Å². The van der Waals surface area contributed by atoms with E-state index in [1.165, 1.54) is 31.1 Å². The van der Waals surface area contributed by atoms with Crippen LogP contribution in [-0.2, 0) is 28.7 Å². The highest BCUT2D eigenvalue weighted by atomic mass is 16.5. The van der Waals surface area contributed by atoms with Crippen molar-refractivity contribution in [2.24, 2.45) is 34.2 Å². The van der Waals surface area contributed by atoms with Gasteiger partial charge >= 0.3 is 5.97 Å². The molecule has 17 heteroatoms. The van der Waals surface area contributed by atoms with Crippen LogP contribution in [0, 0.1) is 17.8 Å². The summed E-state index contributed by atoms with van der Waals surface area (Å²) < 4.78 is 5.79. The molecule has 1 aromatic carbocycles. The summed E-state index contributed by atoms with van der Waals surface area (Å²) >= 11 is 0. The third-order valence-corrected chi connectivity index (χ3v) is 10.2. The standard InChI is InChI=1S/C36H59N7O10/c1-7-19(3)27(40-34(50)28(20(4)8-2)41-33(49)23(18-44)39-36(37)38)25(53-6)17-26(45)43-16-12-15-24(43)30(46)21(5)32(48)42-29(35(51)52)31(47)22-13-10-9-11-14-22/h9-11,13-14,19-21,23-25,27-31,44,46-47H,7-8,12,15-18H2,1-6H3,(H,40,50)(H,41,49)(H,42,48)(H,51,52)(H4,37,38,39)/t19?,20?,21-,23+,24?,25-,27+,28+,29+,30-,31?/m1/s1. The molecule has 1 saturated heterocycles. The van der Waals surface area contributed by atoms with Crippen LogP contribution in [0.15, 0.2) is 35.3 Å². The number of likely N-dealkylation sites (tertiary alicyclic amines) is 1. The molecule has 1 aliphatic rings. The van der Waals surface area contributed by atoms with Gasteiger partial charge < -0.3 is 57.5 Å². The summed E-state index contributed by atoms with van der Waals surface area (Å²) in [6.45, 7) is 8.47. The Balaban J connectivity index is 2.22. The number of carboxylic acid groups (broad SMARTS) is 1. The maximum atomic E-state index is 13.9. The second-order valence-electron chi connectivity index (χ2n) is 13.8. The van der Waals surface area contributed by atoms with Gasteiger partial charge in [0.1, 0.15) is 12.1 Å². The zero-order valence-electron chi connectivity index (χ0n) is 31.5. The van der Waals surface area contributed by atoms with Crippen LogP contribution >= 0.6 is 0 Å². The van der Waals surface area contributed by atoms with E-state index in [0.717, 1.165) is 0 Å². The monoisotopic (exact) mass is 749 g/mol. The van der Waals surface area contributed by atoms with Crippen molar-refractivity contribution in [3.63, 3.8) is 0 Å². The van der Waals surface area contributed by atoms with E-state index in [4.69, 9.17) is 16.2 Å². The Hall–Kier alpha value is -4.32. The number of ether oxygens (including phenoxy) is 1. The molecule has 0 bridgehead atoms. The number of nitrogens with zero attached hydrogens (tertiary/aromatic N) is 2. The Morgan fingerprint density at radius 3 is 2.06 bits per heavy atom. The Labute approximate surface area is 310 Å². The van der Waals surface area contributed by atoms with Crippen LogP contribution in [0.25, 0.3) is 0 Å². The molecule has 2 rings (SSSR count). The van der Waals surface area contributed by atoms with Gasteiger partial charge in [-0.25, -0.2) is 9.79 Å². The highest BCUT2D eigenvalue weighted by Gasteiger charge is 2.42. The van der Waals surface area contributed by atoms with E-state index < -0.39 is 90.7 Å². The van der Waals surface area contributed by atoms with Crippen molar-refractivity contribution in [1.82, 2.24) is 20.9 Å². The topological polar surface area (TPSA) is 279 Å². The van der Waals surface area contributed by atoms with Gasteiger partial charge in [-0.1, -0.05) is 77.8 Å². The van der Waals surface area contributed by atoms with Crippen LogP contribution in [0.1, 0.15) is 78.4 Å². The number of aliphatic hydroxyl groups excluding tert-OH is 3. The van der Waals surface area contributed by atoms with Crippen LogP contribution in [0.3, 0.4) is 0 Å². The number of nitrogens with one attached hydrogen (secondary N) is 3. The van der Waals surface area contributed by atoms with Crippen molar-refractivity contribution in [3.8, 4) is 0 Å². The largest absolute Gasteiger partial charge is 0.480 e. The smallest absolute Gasteiger partial charge is 0.329 e. The van der Waals surface area contributed by atoms with Crippen molar-refractivity contribution in [1.29, 1.82) is 0 Å². The molecule has 0 radical (unpaired) electrons. The van der Waals surface area contributed by atoms with Gasteiger partial charge in [0.25, 0.3) is 0 Å². The first-order valence-electron chi connectivity index (χ1n) is 18.1. The van der Waals surface area contributed by atoms with Gasteiger partial charge in [-0.3, -0.25) is 19.2 Å². The molecule has 1 aromatic rings. The van der Waals surface area contributed by atoms with Crippen molar-refractivity contribution in [3.05, 3.63) is 35.9 Å². The quantitative estimate of drug-likeness (QED) is 0.0562. The van der Waals surface area contributed by atoms with E-state index in [-0.39, 0.29) is 24.2 Å². The second kappa shape index (κ2) is 21.4. The fourth-order valence-electron chi connectivity index (χ4n) is 6.42. The van der Waals surface area contributed by atoms with Gasteiger partial charge in [-0.2, -0.15) is 0 Å². The summed E-state index contributed by atoms with van der Waals surface area (Å²) in [5.41, 5.74) is 11.1. The summed E-state index contributed by atoms with van der Waals surface area (Å²) in [7, 11) is 1.42. The number of rotatable bonds is 21. The number of hydrogen-bond acceptors (Lipinski definition) is 10. The number of aliphatic carboxylic acids is 1. The summed E-state index contributed by atoms with van der Waals surface area (Å²) in [5.74, 6) is -5.98. The van der Waals surface area contributed by atoms with Gasteiger partial charge in [-0.15, -0.1) is 0 Å². The molecule has 0 aromatic heterocycles. The summed E-state index contributed by atoms with van der Waals surface area (Å²) in [5, 5.41) is 49.4. The highest BCUT2D eigenvalue weighted by molar-refractivity contribution is 5.92. The molecule has 11 atom stereocenters. The number of methoxy groups -OCH3 is 1. The number of benzene rings is 1. The molecule has 1 aliphatic heterocycles. The first-order chi connectivity index (χ1) is 25.0. The van der Waals surface area contributed by atoms with Crippen LogP contribution < -0.4 is 27.4 Å². The number of hydrogen-bond donors (Lipinski definition) is 9. The minimum absolute atomic E-state index is 0.183. The average Bonchev–Trinajstić information content (AvgIpc) is 3.65. The lowest BCUT2D eigenvalue weighted by Gasteiger charge is -2.36. The van der Waals surface area contributed by atoms with Gasteiger partial charge in [0.05, 0.1) is 43.2 Å². The average molecular weight is 750 g/mol. The lowest BCUT2D eigenvalue weighted by Crippen LogP contribution is -2.58. The number of carboxylic acids is 1. The molecule has 17 nitrogen and oxygen atoms in total. The first kappa shape index (κ1) is 44.8. The van der Waals surface area contributed by atoms with Crippen molar-refractivity contribution in [2.75, 3.05) is 20.3 Å². The Kier molecular flexibility index (Phi) is 18.1. The lowest BCUT2D eigenvalue weighted by atomic mass is 9.90. The molecule has 1 fully saturated rings. The molecular formula is C36H59N7O10. The molecule has 53 heavy (non-hydrogen) atoms. The zero-order valence-corrected chi connectivity index (χ0v) is 31.5. The van der Waals surface area contributed by atoms with E-state index in [9.17, 15) is 44.4 Å². The Bertz CT molecular complexity index is 1400. The number of aliphatic hydroxyl groups is 3. The maximum absolute atomic E-state index is 13.9. The highest BCUT2D eigenvalue weighted by Crippen LogP contribution is 2.27. The van der Waals surface area contributed by atoms with Gasteiger partial charge in [0, 0.05) is 13.7 Å². The Morgan fingerprint density at radius 2 is 1.53 bits per heavy atom. The third kappa shape index (κ3) is 12.4. The number of nitrogens with two attached hydrogens (primary N) is 2. The van der Waals surface area contributed by atoms with Crippen LogP contribution in [-0.4, -0.2) is 124 Å². The number of amides is 4. The van der Waals surface area contributed by atoms with Crippen LogP contribution in [0.5, 0.6) is 0 Å². The molecule has 1 heterocycles. The fourth-order valence-corrected chi connectivity index (χ4v) is 6.42. The molecule has 0 aliphatic carbocycles. The first-order valence-corrected chi connectivity index (χ1v) is 18.1. The maximum Gasteiger partial charge on any atom is 0.329 e. The van der Waals surface area contributed by atoms with Crippen LogP contribution in [0.4, 0.5) is 0 Å². The van der Waals surface area contributed by atoms with Crippen LogP contribution in [0.2, 0.25) is 0 Å². The van der Waals surface area contributed by atoms with E-state index in [0.29, 0.717) is 37.8 Å². The lowest BCUT2D eigenvalue weighted by molar-refractivity contribution is -0.147. The van der Waals surface area contributed by atoms with Gasteiger partial charge in [0.2, 0.25) is 23.6 Å². The molecule has 298 valence electrons. The van der Waals surface area contributed by atoms with Gasteiger partial charge in [-0.05, 0) is 30.2 Å². The predicted octanol–water partition coefficient (Wildman–Crippen LogP) is -0.621. The zero-order chi connectivity index (χ0) is 40.0. The third-order valence-electron chi connectivity index (χ3n) is 10.2. The molecule has 0 spiro atoms. The molecule has 4 amide bonds. The molecule has 0 saturated carbocycles. The van der Waals surface area contributed by atoms with E-state index >= 15 is 0 Å². The number of carbonyl (C=O) groups is 5. The fraction of sp³-hybridized carbons (Fsp3) is 0.667. The van der Waals surface area contributed by atoms with Crippen molar-refractivity contribution >= 4 is 35.6 Å². The molecule has 11 N–H and O–H groups in total. The van der Waals surface area contributed by atoms with Crippen molar-refractivity contribution < 1.29 is 49.1 Å².